The van der Waals surface area contributed by atoms with Gasteiger partial charge in [-0.1, -0.05) is 18.2 Å². The Hall–Kier alpha value is -2.27. The largest absolute Gasteiger partial charge is 0.324 e. The second kappa shape index (κ2) is 8.41. The molecule has 3 heterocycles. The van der Waals surface area contributed by atoms with Gasteiger partial charge in [0.1, 0.15) is 11.6 Å². The number of allylic oxidation sites excluding steroid dienone is 2. The van der Waals surface area contributed by atoms with E-state index in [2.05, 4.69) is 32.3 Å². The maximum absolute atomic E-state index is 4.79. The minimum absolute atomic E-state index is 0.510. The van der Waals surface area contributed by atoms with Gasteiger partial charge in [-0.3, -0.25) is 4.98 Å². The lowest BCUT2D eigenvalue weighted by Gasteiger charge is -2.34. The van der Waals surface area contributed by atoms with Crippen LogP contribution >= 0.6 is 0 Å². The van der Waals surface area contributed by atoms with Crippen LogP contribution in [0.5, 0.6) is 0 Å². The predicted octanol–water partition coefficient (Wildman–Crippen LogP) is 4.15. The number of aromatic nitrogens is 3. The van der Waals surface area contributed by atoms with Crippen molar-refractivity contribution in [3.05, 3.63) is 54.6 Å². The lowest BCUT2D eigenvalue weighted by Crippen LogP contribution is -2.37. The molecule has 0 saturated carbocycles. The first kappa shape index (κ1) is 17.2. The quantitative estimate of drug-likeness (QED) is 0.822. The van der Waals surface area contributed by atoms with E-state index in [1.165, 1.54) is 51.7 Å². The van der Waals surface area contributed by atoms with Gasteiger partial charge in [-0.05, 0) is 63.2 Å². The Labute approximate surface area is 155 Å². The third-order valence-corrected chi connectivity index (χ3v) is 5.47. The summed E-state index contributed by atoms with van der Waals surface area (Å²) in [6, 6.07) is 5.81. The van der Waals surface area contributed by atoms with Gasteiger partial charge in [0.25, 0.3) is 0 Å². The van der Waals surface area contributed by atoms with Crippen molar-refractivity contribution in [2.24, 2.45) is 5.92 Å². The Balaban J connectivity index is 1.32. The van der Waals surface area contributed by atoms with Crippen molar-refractivity contribution in [1.29, 1.82) is 0 Å². The third-order valence-electron chi connectivity index (χ3n) is 5.47. The molecule has 0 unspecified atom stereocenters. The molecule has 0 radical (unpaired) electrons. The highest BCUT2D eigenvalue weighted by atomic mass is 15.1. The molecule has 5 heteroatoms. The zero-order valence-electron chi connectivity index (χ0n) is 15.2. The highest BCUT2D eigenvalue weighted by Gasteiger charge is 2.24. The van der Waals surface area contributed by atoms with E-state index in [9.17, 15) is 0 Å². The Morgan fingerprint density at radius 3 is 2.73 bits per heavy atom. The van der Waals surface area contributed by atoms with E-state index in [1.54, 1.807) is 12.4 Å². The van der Waals surface area contributed by atoms with Gasteiger partial charge in [-0.15, -0.1) is 0 Å². The van der Waals surface area contributed by atoms with Gasteiger partial charge in [0.15, 0.2) is 0 Å². The Kier molecular flexibility index (Phi) is 5.55. The van der Waals surface area contributed by atoms with Crippen molar-refractivity contribution >= 4 is 11.6 Å². The van der Waals surface area contributed by atoms with Gasteiger partial charge in [-0.25, -0.2) is 9.97 Å². The van der Waals surface area contributed by atoms with Crippen molar-refractivity contribution in [2.75, 3.05) is 25.0 Å². The molecule has 4 rings (SSSR count). The highest BCUT2D eigenvalue weighted by Crippen LogP contribution is 2.29. The van der Waals surface area contributed by atoms with Crippen LogP contribution in [0, 0.1) is 5.92 Å². The molecule has 1 fully saturated rings. The van der Waals surface area contributed by atoms with Crippen LogP contribution in [0.4, 0.5) is 11.6 Å². The standard InChI is InChI=1S/C21H27N5/c1-2-6-17(7-3-1)16-26-12-9-18(10-13-26)19-14-22-15-21(24-19)25-20-8-4-5-11-23-20/h1-2,4-5,8,11,14-15,17-18H,3,6-7,9-10,12-13,16H2,(H,23,24,25)/t17-/m0/s1. The molecular formula is C21H27N5. The summed E-state index contributed by atoms with van der Waals surface area (Å²) < 4.78 is 0. The van der Waals surface area contributed by atoms with Crippen molar-refractivity contribution in [3.63, 3.8) is 0 Å². The average Bonchev–Trinajstić information content (AvgIpc) is 2.70. The van der Waals surface area contributed by atoms with E-state index in [0.29, 0.717) is 5.92 Å². The number of piperidine rings is 1. The topological polar surface area (TPSA) is 53.9 Å². The smallest absolute Gasteiger partial charge is 0.150 e. The molecule has 2 aromatic heterocycles. The zero-order chi connectivity index (χ0) is 17.6. The van der Waals surface area contributed by atoms with Crippen LogP contribution in [0.1, 0.15) is 43.7 Å². The maximum atomic E-state index is 4.79. The van der Waals surface area contributed by atoms with Gasteiger partial charge in [0.05, 0.1) is 11.9 Å². The fourth-order valence-electron chi connectivity index (χ4n) is 4.00. The second-order valence-corrected chi connectivity index (χ2v) is 7.39. The number of nitrogens with zero attached hydrogens (tertiary/aromatic N) is 4. The molecule has 0 aromatic carbocycles. The minimum Gasteiger partial charge on any atom is -0.324 e. The monoisotopic (exact) mass is 349 g/mol. The van der Waals surface area contributed by atoms with Gasteiger partial charge in [-0.2, -0.15) is 0 Å². The van der Waals surface area contributed by atoms with Crippen LogP contribution in [0.2, 0.25) is 0 Å². The molecule has 1 aliphatic carbocycles. The predicted molar refractivity (Wildman–Crippen MR) is 104 cm³/mol. The summed E-state index contributed by atoms with van der Waals surface area (Å²) in [6.07, 6.45) is 16.4. The highest BCUT2D eigenvalue weighted by molar-refractivity contribution is 5.50. The molecule has 1 aliphatic heterocycles. The van der Waals surface area contributed by atoms with Crippen molar-refractivity contribution in [1.82, 2.24) is 19.9 Å². The van der Waals surface area contributed by atoms with E-state index in [-0.39, 0.29) is 0 Å². The molecule has 0 amide bonds. The lowest BCUT2D eigenvalue weighted by molar-refractivity contribution is 0.176. The summed E-state index contributed by atoms with van der Waals surface area (Å²) in [4.78, 5) is 16.1. The molecule has 26 heavy (non-hydrogen) atoms. The summed E-state index contributed by atoms with van der Waals surface area (Å²) in [5.41, 5.74) is 1.10. The molecule has 2 aromatic rings. The molecule has 1 atom stereocenters. The summed E-state index contributed by atoms with van der Waals surface area (Å²) >= 11 is 0. The molecule has 1 N–H and O–H groups in total. The van der Waals surface area contributed by atoms with Crippen LogP contribution < -0.4 is 5.32 Å². The first-order valence-corrected chi connectivity index (χ1v) is 9.74. The summed E-state index contributed by atoms with van der Waals surface area (Å²) in [5, 5.41) is 3.24. The zero-order valence-corrected chi connectivity index (χ0v) is 15.2. The molecule has 0 bridgehead atoms. The molecule has 2 aliphatic rings. The summed E-state index contributed by atoms with van der Waals surface area (Å²) in [5.74, 6) is 2.94. The number of nitrogens with one attached hydrogen (secondary N) is 1. The van der Waals surface area contributed by atoms with E-state index in [1.807, 2.05) is 24.4 Å². The minimum atomic E-state index is 0.510. The first-order chi connectivity index (χ1) is 12.9. The van der Waals surface area contributed by atoms with Crippen LogP contribution in [0.3, 0.4) is 0 Å². The number of rotatable bonds is 5. The fraction of sp³-hybridized carbons (Fsp3) is 0.476. The van der Waals surface area contributed by atoms with Gasteiger partial charge in [0, 0.05) is 24.9 Å². The number of hydrogen-bond acceptors (Lipinski definition) is 5. The Bertz CT molecular complexity index is 722. The SMILES string of the molecule is C1=CC[C@H](CN2CCC(c3cncc(Nc4ccccn4)n3)CC2)CC1. The molecule has 1 saturated heterocycles. The Morgan fingerprint density at radius 1 is 1.04 bits per heavy atom. The molecule has 5 nitrogen and oxygen atoms in total. The average molecular weight is 349 g/mol. The summed E-state index contributed by atoms with van der Waals surface area (Å²) in [7, 11) is 0. The van der Waals surface area contributed by atoms with E-state index >= 15 is 0 Å². The van der Waals surface area contributed by atoms with E-state index < -0.39 is 0 Å². The van der Waals surface area contributed by atoms with Crippen LogP contribution in [-0.2, 0) is 0 Å². The number of pyridine rings is 1. The third kappa shape index (κ3) is 4.47. The van der Waals surface area contributed by atoms with E-state index in [0.717, 1.165) is 23.2 Å². The van der Waals surface area contributed by atoms with Crippen LogP contribution in [0.25, 0.3) is 0 Å². The summed E-state index contributed by atoms with van der Waals surface area (Å²) in [6.45, 7) is 3.60. The maximum Gasteiger partial charge on any atom is 0.150 e. The van der Waals surface area contributed by atoms with Crippen LogP contribution in [0.15, 0.2) is 48.9 Å². The normalized spacial score (nSPS) is 21.6. The van der Waals surface area contributed by atoms with Gasteiger partial charge >= 0.3 is 0 Å². The molecule has 0 spiro atoms. The fourth-order valence-corrected chi connectivity index (χ4v) is 4.00. The number of hydrogen-bond donors (Lipinski definition) is 1. The van der Waals surface area contributed by atoms with E-state index in [4.69, 9.17) is 4.98 Å². The van der Waals surface area contributed by atoms with Crippen molar-refractivity contribution in [3.8, 4) is 0 Å². The molecule has 136 valence electrons. The van der Waals surface area contributed by atoms with Crippen molar-refractivity contribution in [2.45, 2.75) is 38.0 Å². The van der Waals surface area contributed by atoms with Crippen LogP contribution in [-0.4, -0.2) is 39.5 Å². The second-order valence-electron chi connectivity index (χ2n) is 7.39. The first-order valence-electron chi connectivity index (χ1n) is 9.74. The number of anilines is 2. The Morgan fingerprint density at radius 2 is 1.96 bits per heavy atom. The molecular weight excluding hydrogens is 322 g/mol. The van der Waals surface area contributed by atoms with Gasteiger partial charge in [0.2, 0.25) is 0 Å². The van der Waals surface area contributed by atoms with Gasteiger partial charge < -0.3 is 10.2 Å². The number of likely N-dealkylation sites (tertiary alicyclic amines) is 1. The lowest BCUT2D eigenvalue weighted by atomic mass is 9.90. The van der Waals surface area contributed by atoms with Crippen molar-refractivity contribution < 1.29 is 0 Å².